The summed E-state index contributed by atoms with van der Waals surface area (Å²) in [6.45, 7) is 2.94. The average molecular weight is 236 g/mol. The molecule has 1 aromatic rings. The fraction of sp³-hybridized carbons (Fsp3) is 0.462. The minimum absolute atomic E-state index is 0.417. The van der Waals surface area contributed by atoms with Crippen LogP contribution in [0.2, 0.25) is 0 Å². The fourth-order valence-electron chi connectivity index (χ4n) is 2.01. The first-order chi connectivity index (χ1) is 8.03. The third kappa shape index (κ3) is 3.05. The van der Waals surface area contributed by atoms with E-state index in [-0.39, 0.29) is 0 Å². The van der Waals surface area contributed by atoms with Crippen molar-refractivity contribution in [2.24, 2.45) is 0 Å². The predicted octanol–water partition coefficient (Wildman–Crippen LogP) is 1.14. The van der Waals surface area contributed by atoms with E-state index in [0.717, 1.165) is 5.56 Å². The van der Waals surface area contributed by atoms with Gasteiger partial charge in [0.15, 0.2) is 5.54 Å². The second-order valence-corrected chi connectivity index (χ2v) is 4.34. The van der Waals surface area contributed by atoms with Gasteiger partial charge in [-0.25, -0.2) is 4.79 Å². The van der Waals surface area contributed by atoms with Crippen LogP contribution in [0.1, 0.15) is 12.5 Å². The normalized spacial score (nSPS) is 14.6. The Kier molecular flexibility index (Phi) is 4.66. The lowest BCUT2D eigenvalue weighted by Crippen LogP contribution is -2.55. The molecule has 1 unspecified atom stereocenters. The van der Waals surface area contributed by atoms with Crippen LogP contribution >= 0.6 is 0 Å². The smallest absolute Gasteiger partial charge is 0.329 e. The van der Waals surface area contributed by atoms with Crippen LogP contribution in [0.15, 0.2) is 30.3 Å². The molecule has 0 radical (unpaired) electrons. The minimum atomic E-state index is -1.04. The van der Waals surface area contributed by atoms with Crippen molar-refractivity contribution in [1.29, 1.82) is 0 Å². The lowest BCUT2D eigenvalue weighted by molar-refractivity contribution is -0.146. The van der Waals surface area contributed by atoms with Crippen molar-refractivity contribution in [3.8, 4) is 0 Å². The average Bonchev–Trinajstić information content (AvgIpc) is 2.28. The zero-order valence-corrected chi connectivity index (χ0v) is 10.6. The number of carboxylic acid groups (broad SMARTS) is 1. The van der Waals surface area contributed by atoms with Gasteiger partial charge in [0.1, 0.15) is 0 Å². The molecule has 1 aromatic carbocycles. The molecular weight excluding hydrogens is 216 g/mol. The molecule has 0 heterocycles. The summed E-state index contributed by atoms with van der Waals surface area (Å²) < 4.78 is 0. The highest BCUT2D eigenvalue weighted by Crippen LogP contribution is 2.22. The van der Waals surface area contributed by atoms with Crippen LogP contribution in [0, 0.1) is 0 Å². The third-order valence-electron chi connectivity index (χ3n) is 2.66. The molecular formula is C13H20N2O2. The Balaban J connectivity index is 3.19. The van der Waals surface area contributed by atoms with E-state index in [9.17, 15) is 9.90 Å². The van der Waals surface area contributed by atoms with E-state index in [2.05, 4.69) is 5.32 Å². The number of hydrogen-bond donors (Lipinski definition) is 2. The van der Waals surface area contributed by atoms with Crippen LogP contribution in [0.25, 0.3) is 0 Å². The topological polar surface area (TPSA) is 52.6 Å². The molecule has 0 aromatic heterocycles. The minimum Gasteiger partial charge on any atom is -0.480 e. The largest absolute Gasteiger partial charge is 0.480 e. The van der Waals surface area contributed by atoms with Crippen LogP contribution in [0.5, 0.6) is 0 Å². The Hall–Kier alpha value is -1.39. The third-order valence-corrected chi connectivity index (χ3v) is 2.66. The van der Waals surface area contributed by atoms with Gasteiger partial charge in [0.2, 0.25) is 0 Å². The molecule has 1 atom stereocenters. The van der Waals surface area contributed by atoms with Crippen LogP contribution in [-0.4, -0.2) is 43.2 Å². The van der Waals surface area contributed by atoms with E-state index >= 15 is 0 Å². The fourth-order valence-corrected chi connectivity index (χ4v) is 2.01. The Bertz CT molecular complexity index is 365. The van der Waals surface area contributed by atoms with E-state index in [1.165, 1.54) is 0 Å². The summed E-state index contributed by atoms with van der Waals surface area (Å²) in [5, 5.41) is 12.7. The van der Waals surface area contributed by atoms with Crippen molar-refractivity contribution in [1.82, 2.24) is 10.2 Å². The number of likely N-dealkylation sites (N-methyl/N-ethyl adjacent to an activating group) is 2. The van der Waals surface area contributed by atoms with Crippen molar-refractivity contribution in [2.45, 2.75) is 12.5 Å². The van der Waals surface area contributed by atoms with Gasteiger partial charge in [-0.3, -0.25) is 5.32 Å². The molecule has 17 heavy (non-hydrogen) atoms. The second-order valence-electron chi connectivity index (χ2n) is 4.34. The molecule has 94 valence electrons. The van der Waals surface area contributed by atoms with E-state index in [0.29, 0.717) is 13.1 Å². The summed E-state index contributed by atoms with van der Waals surface area (Å²) in [5.74, 6) is -0.848. The number of benzene rings is 1. The van der Waals surface area contributed by atoms with Crippen molar-refractivity contribution >= 4 is 5.97 Å². The standard InChI is InChI=1S/C13H20N2O2/c1-4-14-13(12(16)17,10-15(2)3)11-8-6-5-7-9-11/h5-9,14H,4,10H2,1-3H3,(H,16,17). The maximum atomic E-state index is 11.7. The quantitative estimate of drug-likeness (QED) is 0.777. The molecule has 0 saturated carbocycles. The summed E-state index contributed by atoms with van der Waals surface area (Å²) in [6, 6.07) is 9.30. The first kappa shape index (κ1) is 13.7. The molecule has 0 aliphatic carbocycles. The molecule has 0 fully saturated rings. The number of nitrogens with one attached hydrogen (secondary N) is 1. The highest BCUT2D eigenvalue weighted by Gasteiger charge is 2.39. The number of rotatable bonds is 6. The Morgan fingerprint density at radius 3 is 2.35 bits per heavy atom. The molecule has 4 heteroatoms. The lowest BCUT2D eigenvalue weighted by Gasteiger charge is -2.33. The first-order valence-corrected chi connectivity index (χ1v) is 5.71. The van der Waals surface area contributed by atoms with Gasteiger partial charge >= 0.3 is 5.97 Å². The van der Waals surface area contributed by atoms with Crippen LogP contribution in [0.3, 0.4) is 0 Å². The number of hydrogen-bond acceptors (Lipinski definition) is 3. The van der Waals surface area contributed by atoms with Crippen LogP contribution in [-0.2, 0) is 10.3 Å². The van der Waals surface area contributed by atoms with Gasteiger partial charge in [0, 0.05) is 6.54 Å². The molecule has 1 rings (SSSR count). The van der Waals surface area contributed by atoms with E-state index in [4.69, 9.17) is 0 Å². The predicted molar refractivity (Wildman–Crippen MR) is 68.0 cm³/mol. The Morgan fingerprint density at radius 1 is 1.35 bits per heavy atom. The zero-order chi connectivity index (χ0) is 12.9. The summed E-state index contributed by atoms with van der Waals surface area (Å²) >= 11 is 0. The molecule has 0 spiro atoms. The molecule has 2 N–H and O–H groups in total. The number of carbonyl (C=O) groups is 1. The van der Waals surface area contributed by atoms with Crippen LogP contribution < -0.4 is 5.32 Å². The highest BCUT2D eigenvalue weighted by atomic mass is 16.4. The summed E-state index contributed by atoms with van der Waals surface area (Å²) in [6.07, 6.45) is 0. The monoisotopic (exact) mass is 236 g/mol. The molecule has 0 saturated heterocycles. The molecule has 0 aliphatic heterocycles. The molecule has 0 bridgehead atoms. The number of nitrogens with zero attached hydrogens (tertiary/aromatic N) is 1. The molecule has 0 amide bonds. The van der Waals surface area contributed by atoms with Gasteiger partial charge in [0.05, 0.1) is 0 Å². The van der Waals surface area contributed by atoms with E-state index < -0.39 is 11.5 Å². The van der Waals surface area contributed by atoms with Crippen LogP contribution in [0.4, 0.5) is 0 Å². The number of aliphatic carboxylic acids is 1. The SMILES string of the molecule is CCNC(CN(C)C)(C(=O)O)c1ccccc1. The zero-order valence-electron chi connectivity index (χ0n) is 10.6. The highest BCUT2D eigenvalue weighted by molar-refractivity contribution is 5.81. The van der Waals surface area contributed by atoms with E-state index in [1.54, 1.807) is 0 Å². The van der Waals surface area contributed by atoms with Crippen molar-refractivity contribution < 1.29 is 9.90 Å². The summed E-state index contributed by atoms with van der Waals surface area (Å²) in [4.78, 5) is 13.5. The van der Waals surface area contributed by atoms with Gasteiger partial charge in [-0.05, 0) is 26.2 Å². The van der Waals surface area contributed by atoms with Crippen molar-refractivity contribution in [2.75, 3.05) is 27.2 Å². The van der Waals surface area contributed by atoms with Gasteiger partial charge in [0.25, 0.3) is 0 Å². The number of carboxylic acids is 1. The van der Waals surface area contributed by atoms with Gasteiger partial charge in [-0.2, -0.15) is 0 Å². The van der Waals surface area contributed by atoms with Crippen molar-refractivity contribution in [3.05, 3.63) is 35.9 Å². The molecule has 4 nitrogen and oxygen atoms in total. The first-order valence-electron chi connectivity index (χ1n) is 5.71. The summed E-state index contributed by atoms with van der Waals surface area (Å²) in [5.41, 5.74) is -0.262. The van der Waals surface area contributed by atoms with E-state index in [1.807, 2.05) is 56.3 Å². The van der Waals surface area contributed by atoms with Crippen molar-refractivity contribution in [3.63, 3.8) is 0 Å². The van der Waals surface area contributed by atoms with Gasteiger partial charge < -0.3 is 10.0 Å². The van der Waals surface area contributed by atoms with Gasteiger partial charge in [-0.1, -0.05) is 37.3 Å². The Labute approximate surface area is 102 Å². The summed E-state index contributed by atoms with van der Waals surface area (Å²) in [7, 11) is 3.75. The second kappa shape index (κ2) is 5.80. The lowest BCUT2D eigenvalue weighted by atomic mass is 9.89. The molecule has 0 aliphatic rings. The maximum Gasteiger partial charge on any atom is 0.329 e. The maximum absolute atomic E-state index is 11.7. The Morgan fingerprint density at radius 2 is 1.94 bits per heavy atom. The van der Waals surface area contributed by atoms with Gasteiger partial charge in [-0.15, -0.1) is 0 Å².